The zero-order chi connectivity index (χ0) is 15.0. The lowest BCUT2D eigenvalue weighted by atomic mass is 9.79. The number of ketones is 1. The van der Waals surface area contributed by atoms with Crippen LogP contribution in [-0.4, -0.2) is 5.78 Å². The third-order valence-electron chi connectivity index (χ3n) is 4.49. The average Bonchev–Trinajstić information content (AvgIpc) is 2.50. The number of fused-ring (bicyclic) bond motifs is 1. The van der Waals surface area contributed by atoms with E-state index in [1.54, 1.807) is 0 Å². The van der Waals surface area contributed by atoms with Crippen molar-refractivity contribution in [3.63, 3.8) is 0 Å². The standard InChI is InChI=1S/C19H19ClO/c1-12-10-18(20)13(2)9-17(12)19(21)16-8-7-14-5-3-4-6-15(14)11-16/h3-6,9-10,16H,7-8,11H2,1-2H3. The van der Waals surface area contributed by atoms with Gasteiger partial charge < -0.3 is 0 Å². The van der Waals surface area contributed by atoms with Crippen LogP contribution in [0.15, 0.2) is 36.4 Å². The predicted molar refractivity (Wildman–Crippen MR) is 87.2 cm³/mol. The fourth-order valence-corrected chi connectivity index (χ4v) is 3.41. The van der Waals surface area contributed by atoms with Crippen molar-refractivity contribution < 1.29 is 4.79 Å². The molecule has 108 valence electrons. The van der Waals surface area contributed by atoms with E-state index in [2.05, 4.69) is 24.3 Å². The highest BCUT2D eigenvalue weighted by Gasteiger charge is 2.26. The van der Waals surface area contributed by atoms with Crippen LogP contribution in [0.25, 0.3) is 0 Å². The molecule has 1 unspecified atom stereocenters. The van der Waals surface area contributed by atoms with Gasteiger partial charge in [-0.25, -0.2) is 0 Å². The molecule has 1 aliphatic carbocycles. The highest BCUT2D eigenvalue weighted by atomic mass is 35.5. The second kappa shape index (κ2) is 5.65. The highest BCUT2D eigenvalue weighted by molar-refractivity contribution is 6.31. The lowest BCUT2D eigenvalue weighted by Gasteiger charge is -2.24. The molecule has 1 atom stereocenters. The van der Waals surface area contributed by atoms with Gasteiger partial charge >= 0.3 is 0 Å². The maximum Gasteiger partial charge on any atom is 0.166 e. The Morgan fingerprint density at radius 1 is 1.10 bits per heavy atom. The van der Waals surface area contributed by atoms with E-state index in [9.17, 15) is 4.79 Å². The Balaban J connectivity index is 1.89. The summed E-state index contributed by atoms with van der Waals surface area (Å²) in [4.78, 5) is 12.9. The van der Waals surface area contributed by atoms with Gasteiger partial charge in [-0.2, -0.15) is 0 Å². The van der Waals surface area contributed by atoms with Gasteiger partial charge in [0.15, 0.2) is 5.78 Å². The van der Waals surface area contributed by atoms with E-state index in [1.165, 1.54) is 11.1 Å². The number of hydrogen-bond acceptors (Lipinski definition) is 1. The molecule has 21 heavy (non-hydrogen) atoms. The minimum Gasteiger partial charge on any atom is -0.294 e. The van der Waals surface area contributed by atoms with Gasteiger partial charge in [0.1, 0.15) is 0 Å². The molecule has 1 aliphatic rings. The Bertz CT molecular complexity index is 703. The van der Waals surface area contributed by atoms with Gasteiger partial charge in [-0.05, 0) is 67.5 Å². The van der Waals surface area contributed by atoms with Gasteiger partial charge in [-0.1, -0.05) is 35.9 Å². The quantitative estimate of drug-likeness (QED) is 0.717. The number of aryl methyl sites for hydroxylation is 3. The predicted octanol–water partition coefficient (Wildman–Crippen LogP) is 4.94. The van der Waals surface area contributed by atoms with E-state index in [-0.39, 0.29) is 11.7 Å². The topological polar surface area (TPSA) is 17.1 Å². The second-order valence-corrected chi connectivity index (χ2v) is 6.40. The molecule has 0 N–H and O–H groups in total. The Morgan fingerprint density at radius 2 is 1.81 bits per heavy atom. The molecule has 0 saturated heterocycles. The van der Waals surface area contributed by atoms with Crippen molar-refractivity contribution in [3.05, 3.63) is 69.2 Å². The lowest BCUT2D eigenvalue weighted by Crippen LogP contribution is -2.23. The van der Waals surface area contributed by atoms with Crippen molar-refractivity contribution in [2.75, 3.05) is 0 Å². The molecule has 0 aliphatic heterocycles. The number of halogens is 1. The molecule has 0 saturated carbocycles. The molecule has 3 rings (SSSR count). The van der Waals surface area contributed by atoms with Crippen molar-refractivity contribution in [1.29, 1.82) is 0 Å². The van der Waals surface area contributed by atoms with E-state index in [4.69, 9.17) is 11.6 Å². The SMILES string of the molecule is Cc1cc(C(=O)C2CCc3ccccc3C2)c(C)cc1Cl. The third-order valence-corrected chi connectivity index (χ3v) is 4.90. The first kappa shape index (κ1) is 14.3. The molecule has 0 aromatic heterocycles. The van der Waals surface area contributed by atoms with Crippen molar-refractivity contribution >= 4 is 17.4 Å². The molecule has 0 bridgehead atoms. The molecule has 0 spiro atoms. The number of benzene rings is 2. The summed E-state index contributed by atoms with van der Waals surface area (Å²) in [5.41, 5.74) is 5.51. The lowest BCUT2D eigenvalue weighted by molar-refractivity contribution is 0.0908. The largest absolute Gasteiger partial charge is 0.294 e. The Morgan fingerprint density at radius 3 is 2.57 bits per heavy atom. The third kappa shape index (κ3) is 2.75. The van der Waals surface area contributed by atoms with Crippen molar-refractivity contribution in [1.82, 2.24) is 0 Å². The van der Waals surface area contributed by atoms with Gasteiger partial charge in [0.05, 0.1) is 0 Å². The van der Waals surface area contributed by atoms with Crippen LogP contribution in [-0.2, 0) is 12.8 Å². The number of hydrogen-bond donors (Lipinski definition) is 0. The zero-order valence-electron chi connectivity index (χ0n) is 12.4. The van der Waals surface area contributed by atoms with Crippen molar-refractivity contribution in [2.24, 2.45) is 5.92 Å². The van der Waals surface area contributed by atoms with Gasteiger partial charge in [-0.15, -0.1) is 0 Å². The second-order valence-electron chi connectivity index (χ2n) is 5.99. The van der Waals surface area contributed by atoms with Gasteiger partial charge in [0, 0.05) is 16.5 Å². The maximum absolute atomic E-state index is 12.9. The minimum absolute atomic E-state index is 0.0965. The van der Waals surface area contributed by atoms with Crippen LogP contribution >= 0.6 is 11.6 Å². The van der Waals surface area contributed by atoms with Crippen LogP contribution in [0.5, 0.6) is 0 Å². The summed E-state index contributed by atoms with van der Waals surface area (Å²) in [6.07, 6.45) is 2.80. The van der Waals surface area contributed by atoms with Crippen LogP contribution in [0.3, 0.4) is 0 Å². The highest BCUT2D eigenvalue weighted by Crippen LogP contribution is 2.30. The van der Waals surface area contributed by atoms with Crippen LogP contribution in [0, 0.1) is 19.8 Å². The molecule has 0 heterocycles. The summed E-state index contributed by atoms with van der Waals surface area (Å²) in [7, 11) is 0. The zero-order valence-corrected chi connectivity index (χ0v) is 13.2. The van der Waals surface area contributed by atoms with Crippen LogP contribution < -0.4 is 0 Å². The smallest absolute Gasteiger partial charge is 0.166 e. The normalized spacial score (nSPS) is 17.4. The molecule has 2 aromatic rings. The van der Waals surface area contributed by atoms with E-state index in [0.29, 0.717) is 0 Å². The first-order chi connectivity index (χ1) is 10.1. The minimum atomic E-state index is 0.0965. The molecule has 1 nitrogen and oxygen atoms in total. The first-order valence-electron chi connectivity index (χ1n) is 7.44. The fraction of sp³-hybridized carbons (Fsp3) is 0.316. The number of carbonyl (C=O) groups is 1. The summed E-state index contributed by atoms with van der Waals surface area (Å²) in [5, 5.41) is 0.734. The molecule has 2 aromatic carbocycles. The van der Waals surface area contributed by atoms with E-state index in [0.717, 1.165) is 41.0 Å². The Hall–Kier alpha value is -1.60. The number of carbonyl (C=O) groups excluding carboxylic acids is 1. The summed E-state index contributed by atoms with van der Waals surface area (Å²) >= 11 is 6.13. The Kier molecular flexibility index (Phi) is 3.86. The van der Waals surface area contributed by atoms with E-state index < -0.39 is 0 Å². The molecular weight excluding hydrogens is 280 g/mol. The summed E-state index contributed by atoms with van der Waals surface area (Å²) in [6.45, 7) is 3.92. The number of Topliss-reactive ketones (excluding diaryl/α,β-unsaturated/α-hetero) is 1. The molecule has 0 amide bonds. The monoisotopic (exact) mass is 298 g/mol. The maximum atomic E-state index is 12.9. The average molecular weight is 299 g/mol. The van der Waals surface area contributed by atoms with Crippen LogP contribution in [0.2, 0.25) is 5.02 Å². The van der Waals surface area contributed by atoms with Crippen LogP contribution in [0.1, 0.15) is 39.0 Å². The summed E-state index contributed by atoms with van der Waals surface area (Å²) in [6, 6.07) is 12.3. The first-order valence-corrected chi connectivity index (χ1v) is 7.82. The Labute approximate surface area is 131 Å². The van der Waals surface area contributed by atoms with E-state index >= 15 is 0 Å². The number of rotatable bonds is 2. The molecular formula is C19H19ClO. The van der Waals surface area contributed by atoms with E-state index in [1.807, 2.05) is 26.0 Å². The summed E-state index contributed by atoms with van der Waals surface area (Å²) in [5.74, 6) is 0.362. The van der Waals surface area contributed by atoms with Crippen molar-refractivity contribution in [3.8, 4) is 0 Å². The van der Waals surface area contributed by atoms with Gasteiger partial charge in [-0.3, -0.25) is 4.79 Å². The summed E-state index contributed by atoms with van der Waals surface area (Å²) < 4.78 is 0. The molecule has 2 heteroatoms. The van der Waals surface area contributed by atoms with Gasteiger partial charge in [0.25, 0.3) is 0 Å². The molecule has 0 radical (unpaired) electrons. The molecule has 0 fully saturated rings. The fourth-order valence-electron chi connectivity index (χ4n) is 3.19. The van der Waals surface area contributed by atoms with Gasteiger partial charge in [0.2, 0.25) is 0 Å². The van der Waals surface area contributed by atoms with Crippen LogP contribution in [0.4, 0.5) is 0 Å². The van der Waals surface area contributed by atoms with Crippen molar-refractivity contribution in [2.45, 2.75) is 33.1 Å².